The van der Waals surface area contributed by atoms with Crippen LogP contribution in [0.2, 0.25) is 5.02 Å². The van der Waals surface area contributed by atoms with Crippen molar-refractivity contribution in [3.63, 3.8) is 0 Å². The number of nitrogens with one attached hydrogen (secondary N) is 3. The topological polar surface area (TPSA) is 179 Å². The quantitative estimate of drug-likeness (QED) is 0.0548. The molecule has 0 fully saturated rings. The number of alkyl halides is 5. The Morgan fingerprint density at radius 2 is 1.31 bits per heavy atom. The first kappa shape index (κ1) is 98.4. The number of para-hydroxylation sites is 1. The lowest BCUT2D eigenvalue weighted by Crippen LogP contribution is -2.45. The van der Waals surface area contributed by atoms with Crippen LogP contribution in [0.3, 0.4) is 0 Å². The maximum Gasteiger partial charge on any atom is 0.417 e. The van der Waals surface area contributed by atoms with E-state index in [9.17, 15) is 31.5 Å². The second-order valence-corrected chi connectivity index (χ2v) is 33.3. The fraction of sp³-hybridized carbons (Fsp3) is 0.554. The number of benzene rings is 2. The molecule has 10 rings (SSSR count). The molecule has 0 radical (unpaired) electrons. The summed E-state index contributed by atoms with van der Waals surface area (Å²) in [7, 11) is 0. The summed E-state index contributed by atoms with van der Waals surface area (Å²) in [5, 5.41) is 25.5. The normalized spacial score (nSPS) is 12.2. The van der Waals surface area contributed by atoms with Crippen LogP contribution in [-0.4, -0.2) is 112 Å². The number of pyridine rings is 1. The Kier molecular flexibility index (Phi) is 41.5. The fourth-order valence-electron chi connectivity index (χ4n) is 10.5. The summed E-state index contributed by atoms with van der Waals surface area (Å²) >= 11 is 7.26. The molecular weight excluding hydrogens is 1420 g/mol. The molecule has 3 N–H and O–H groups in total. The predicted molar refractivity (Wildman–Crippen MR) is 438 cm³/mol. The van der Waals surface area contributed by atoms with E-state index in [1.807, 2.05) is 65.6 Å². The first-order valence-electron chi connectivity index (χ1n) is 35.7. The number of rotatable bonds is 22. The molecule has 1 amide bonds. The standard InChI is InChI=1S/C20H26N4S.C17H22N2O2.C11H18F2N2.C11H20N4.C10H11ClF3NO.C10H18N2.4CH4/c1-20(2,3)23(12-13-24-11-7-10-21-24)15-18-16-25-19(22-18)14-17-8-5-4-6-9-17;1-17(2,3)19(12-15-10-7-11-21-15)13-16(20)18-14-8-5-4-6-9-14;1-11(2,3)6-4-5-9-14-7-8-15(9)10(12)13;1-11(2,3)12-7-6-10-14-13-9-5-4-8-15(9)10;1-9(2,3)15-5-6(10(12,13)14)4-7(11)8(15)16;1-10(2,3)11-6-9-12-7-4-5-8-12;;;;/h4-11,16H,12-15H2,1-3H3;4-11H,12-13H2,1-3H3,(H,18,20);7-8,10H,4-6H2,1-3H3;12H,4-8H2,1-3H3;4-5H,1-3H3;4-5,7-8,11H,6,9H2,1-3H3;4*1H4. The number of halogens is 6. The lowest BCUT2D eigenvalue weighted by molar-refractivity contribution is -0.138. The fourth-order valence-corrected chi connectivity index (χ4v) is 11.5. The number of nitrogens with zero attached hydrogens (tertiary/aromatic N) is 12. The number of carbonyl (C=O) groups excluding carboxylic acids is 1. The molecule has 0 saturated carbocycles. The molecule has 108 heavy (non-hydrogen) atoms. The lowest BCUT2D eigenvalue weighted by Gasteiger charge is -2.35. The van der Waals surface area contributed by atoms with Gasteiger partial charge in [-0.05, 0) is 183 Å². The van der Waals surface area contributed by atoms with Gasteiger partial charge < -0.3 is 34.1 Å². The molecule has 604 valence electrons. The van der Waals surface area contributed by atoms with Crippen molar-refractivity contribution in [1.82, 2.24) is 68.6 Å². The molecule has 25 heteroatoms. The largest absolute Gasteiger partial charge is 0.468 e. The number of hydrogen-bond acceptors (Lipinski definition) is 13. The summed E-state index contributed by atoms with van der Waals surface area (Å²) in [6, 6.07) is 30.5. The van der Waals surface area contributed by atoms with Crippen LogP contribution in [0.1, 0.15) is 225 Å². The molecule has 0 bridgehead atoms. The molecule has 0 spiro atoms. The van der Waals surface area contributed by atoms with Crippen LogP contribution >= 0.6 is 22.9 Å². The summed E-state index contributed by atoms with van der Waals surface area (Å²) in [4.78, 5) is 37.1. The van der Waals surface area contributed by atoms with Gasteiger partial charge in [0.05, 0.1) is 42.2 Å². The van der Waals surface area contributed by atoms with Gasteiger partial charge in [-0.15, -0.1) is 21.5 Å². The van der Waals surface area contributed by atoms with Crippen LogP contribution in [0.5, 0.6) is 0 Å². The van der Waals surface area contributed by atoms with Gasteiger partial charge in [-0.25, -0.2) is 9.97 Å². The average molecular weight is 1550 g/mol. The molecule has 9 aromatic rings. The van der Waals surface area contributed by atoms with Crippen molar-refractivity contribution in [3.05, 3.63) is 213 Å². The number of fused-ring (bicyclic) bond motifs is 1. The van der Waals surface area contributed by atoms with E-state index in [0.717, 1.165) is 116 Å². The molecule has 8 heterocycles. The van der Waals surface area contributed by atoms with Gasteiger partial charge in [-0.3, -0.25) is 28.6 Å². The van der Waals surface area contributed by atoms with E-state index < -0.39 is 34.4 Å². The van der Waals surface area contributed by atoms with Crippen molar-refractivity contribution in [2.24, 2.45) is 5.41 Å². The van der Waals surface area contributed by atoms with E-state index in [0.29, 0.717) is 31.4 Å². The minimum Gasteiger partial charge on any atom is -0.468 e. The number of hydrogen-bond donors (Lipinski definition) is 3. The number of aromatic nitrogens is 10. The Labute approximate surface area is 652 Å². The highest BCUT2D eigenvalue weighted by Crippen LogP contribution is 2.31. The number of furan rings is 1. The van der Waals surface area contributed by atoms with Gasteiger partial charge in [0.2, 0.25) is 5.91 Å². The van der Waals surface area contributed by atoms with E-state index in [1.54, 1.807) is 38.4 Å². The zero-order valence-electron chi connectivity index (χ0n) is 64.6. The zero-order chi connectivity index (χ0) is 77.1. The van der Waals surface area contributed by atoms with Crippen LogP contribution in [0, 0.1) is 5.41 Å². The number of thiazole rings is 1. The smallest absolute Gasteiger partial charge is 0.417 e. The Balaban J connectivity index is 0.000000654. The van der Waals surface area contributed by atoms with Crippen molar-refractivity contribution in [2.45, 2.75) is 272 Å². The number of anilines is 1. The highest BCUT2D eigenvalue weighted by molar-refractivity contribution is 7.09. The summed E-state index contributed by atoms with van der Waals surface area (Å²) in [5.41, 5.74) is 1.63. The summed E-state index contributed by atoms with van der Waals surface area (Å²) in [5.74, 6) is 3.62. The summed E-state index contributed by atoms with van der Waals surface area (Å²) in [6.07, 6.45) is 15.5. The van der Waals surface area contributed by atoms with E-state index in [4.69, 9.17) is 21.0 Å². The van der Waals surface area contributed by atoms with Gasteiger partial charge in [0.1, 0.15) is 28.3 Å². The van der Waals surface area contributed by atoms with Crippen molar-refractivity contribution >= 4 is 34.5 Å². The van der Waals surface area contributed by atoms with E-state index in [2.05, 4.69) is 219 Å². The van der Waals surface area contributed by atoms with Crippen molar-refractivity contribution < 1.29 is 31.2 Å². The van der Waals surface area contributed by atoms with Gasteiger partial charge in [0.15, 0.2) is 0 Å². The van der Waals surface area contributed by atoms with Crippen LogP contribution in [-0.2, 0) is 74.9 Å². The predicted octanol–water partition coefficient (Wildman–Crippen LogP) is 20.2. The molecule has 2 aromatic carbocycles. The molecule has 0 atom stereocenters. The number of amides is 1. The monoisotopic (exact) mass is 1550 g/mol. The molecule has 1 aliphatic heterocycles. The van der Waals surface area contributed by atoms with Crippen LogP contribution < -0.4 is 21.5 Å². The molecule has 18 nitrogen and oxygen atoms in total. The number of carbonyl (C=O) groups is 1. The molecule has 0 unspecified atom stereocenters. The van der Waals surface area contributed by atoms with Crippen molar-refractivity contribution in [3.8, 4) is 0 Å². The Bertz CT molecular complexity index is 3910. The SMILES string of the molecule is C.C.C.C.CC(C)(C)CCCc1nccn1C(F)F.CC(C)(C)N(CC(=O)Nc1ccccc1)Cc1ccco1.CC(C)(C)N(CCn1cccn1)Cc1csc(Cc2ccccc2)n1.CC(C)(C)NCCc1nnc2n1CCC2.CC(C)(C)NCCn1cccc1.CC(C)(C)n1cc(C(F)(F)F)cc(Cl)c1=O. The van der Waals surface area contributed by atoms with Crippen LogP contribution in [0.25, 0.3) is 0 Å². The minimum absolute atomic E-state index is 0. The molecule has 7 aromatic heterocycles. The molecule has 1 aliphatic rings. The summed E-state index contributed by atoms with van der Waals surface area (Å²) < 4.78 is 76.1. The minimum atomic E-state index is -4.51. The molecular formula is C83H131ClF5N15O3S. The number of aryl methyl sites for hydroxylation is 2. The van der Waals surface area contributed by atoms with Crippen LogP contribution in [0.15, 0.2) is 161 Å². The maximum atomic E-state index is 12.5. The third-order valence-corrected chi connectivity index (χ3v) is 17.4. The average Bonchev–Trinajstić information content (AvgIpc) is 1.79. The Hall–Kier alpha value is -7.61. The van der Waals surface area contributed by atoms with Crippen LogP contribution in [0.4, 0.5) is 27.6 Å². The molecule has 0 aliphatic carbocycles. The third-order valence-electron chi connectivity index (χ3n) is 16.2. The lowest BCUT2D eigenvalue weighted by atomic mass is 9.90. The number of imidazole rings is 1. The third kappa shape index (κ3) is 37.7. The van der Waals surface area contributed by atoms with Gasteiger partial charge in [-0.2, -0.15) is 27.1 Å². The van der Waals surface area contributed by atoms with E-state index in [1.165, 1.54) is 35.2 Å². The van der Waals surface area contributed by atoms with E-state index >= 15 is 0 Å². The van der Waals surface area contributed by atoms with Gasteiger partial charge >= 0.3 is 12.7 Å². The highest BCUT2D eigenvalue weighted by atomic mass is 35.5. The van der Waals surface area contributed by atoms with Gasteiger partial charge in [0.25, 0.3) is 5.56 Å². The Morgan fingerprint density at radius 1 is 0.694 bits per heavy atom. The van der Waals surface area contributed by atoms with Gasteiger partial charge in [-0.1, -0.05) is 111 Å². The van der Waals surface area contributed by atoms with E-state index in [-0.39, 0.29) is 63.2 Å². The first-order chi connectivity index (χ1) is 48.5. The first-order valence-corrected chi connectivity index (χ1v) is 36.9. The Morgan fingerprint density at radius 3 is 1.86 bits per heavy atom. The second kappa shape index (κ2) is 45.5. The van der Waals surface area contributed by atoms with Gasteiger partial charge in [0, 0.05) is 147 Å². The zero-order valence-corrected chi connectivity index (χ0v) is 66.2. The summed E-state index contributed by atoms with van der Waals surface area (Å²) in [6.45, 7) is 42.8. The maximum absolute atomic E-state index is 12.5. The van der Waals surface area contributed by atoms with Crippen molar-refractivity contribution in [1.29, 1.82) is 0 Å². The molecule has 0 saturated heterocycles. The highest BCUT2D eigenvalue weighted by Gasteiger charge is 2.34. The second-order valence-electron chi connectivity index (χ2n) is 32.0. The van der Waals surface area contributed by atoms with Crippen molar-refractivity contribution in [2.75, 3.05) is 31.5 Å².